The van der Waals surface area contributed by atoms with Crippen LogP contribution in [-0.2, 0) is 41.0 Å². The number of hydrogen-bond acceptors (Lipinski definition) is 1. The maximum atomic E-state index is 8.74. The summed E-state index contributed by atoms with van der Waals surface area (Å²) in [6.45, 7) is 0. The van der Waals surface area contributed by atoms with Gasteiger partial charge in [0.2, 0.25) is 0 Å². The van der Waals surface area contributed by atoms with Crippen LogP contribution in [0.2, 0.25) is 0 Å². The second-order valence-electron chi connectivity index (χ2n) is 0.283. The smallest absolute Gasteiger partial charge is 0 e. The Labute approximate surface area is 264 Å². The maximum Gasteiger partial charge on any atom is 0 e. The van der Waals surface area contributed by atoms with E-state index in [0.717, 1.165) is 0 Å². The number of hydrogen-bond donors (Lipinski definition) is 2. The molecule has 0 saturated carbocycles. The molecule has 0 aliphatic carbocycles. The van der Waals surface area contributed by atoms with Crippen molar-refractivity contribution < 1.29 is 128 Å². The molecule has 0 aromatic heterocycles. The molecule has 0 unspecified atom stereocenters. The Morgan fingerprint density at radius 3 is 1.17 bits per heavy atom. The molecule has 0 atom stereocenters. The summed E-state index contributed by atoms with van der Waals surface area (Å²) in [5.41, 5.74) is 0. The molecule has 0 bridgehead atoms. The van der Waals surface area contributed by atoms with Crippen molar-refractivity contribution in [3.05, 3.63) is 0 Å². The molecular weight excluding hydrogens is 650 g/mol. The van der Waals surface area contributed by atoms with Gasteiger partial charge in [0, 0.05) is 114 Å². The van der Waals surface area contributed by atoms with Gasteiger partial charge in [-0.05, 0) is 0 Å². The first-order valence-electron chi connectivity index (χ1n) is 0.651. The van der Waals surface area contributed by atoms with Crippen LogP contribution >= 0.6 is 0 Å². The summed E-state index contributed by atoms with van der Waals surface area (Å²) in [7, 11) is -3.13. The molecule has 12 heteroatoms. The Kier molecular flexibility index (Phi) is 255. The third-order valence-corrected chi connectivity index (χ3v) is 0. The molecule has 0 rings (SSSR count). The summed E-state index contributed by atoms with van der Waals surface area (Å²) in [5, 5.41) is 0. The first-order chi connectivity index (χ1) is 1.73. The molecule has 0 fully saturated rings. The van der Waals surface area contributed by atoms with E-state index in [9.17, 15) is 0 Å². The molecule has 12 heavy (non-hydrogen) atoms. The van der Waals surface area contributed by atoms with Gasteiger partial charge in [0.05, 0.1) is 0 Å². The van der Waals surface area contributed by atoms with E-state index in [4.69, 9.17) is 14.1 Å². The summed E-state index contributed by atoms with van der Waals surface area (Å²) < 4.78 is 8.74. The summed E-state index contributed by atoms with van der Waals surface area (Å²) in [6, 6.07) is 0. The van der Waals surface area contributed by atoms with Crippen LogP contribution in [0.1, 0.15) is 0 Å². The second-order valence-corrected chi connectivity index (χ2v) is 0.848. The van der Waals surface area contributed by atoms with Crippen LogP contribution in [0.5, 0.6) is 0 Å². The van der Waals surface area contributed by atoms with Crippen molar-refractivity contribution in [3.8, 4) is 0 Å². The average molecular weight is 659 g/mol. The topological polar surface area (TPSA) is 57.5 Å². The predicted molar refractivity (Wildman–Crippen MR) is 43.7 cm³/mol. The Bertz CT molecular complexity index is 61.3. The minimum absolute atomic E-state index is 0. The standard InChI is InChI=1S/Ca.Ce.La.Mg.Mn.Na.H2O3Si.Sr.Zn.7H/c;;;;;;1-4(2)3;;;;;;;;;/h;;;;;;1-2H;;;;;;;;;. The van der Waals surface area contributed by atoms with Crippen molar-refractivity contribution in [3.63, 3.8) is 0 Å². The van der Waals surface area contributed by atoms with Crippen molar-refractivity contribution in [1.29, 1.82) is 0 Å². The molecule has 0 saturated heterocycles. The van der Waals surface area contributed by atoms with Gasteiger partial charge in [-0.15, -0.1) is 0 Å². The normalized spacial score (nSPS) is 2.00. The van der Waals surface area contributed by atoms with Gasteiger partial charge >= 0.3 is 145 Å². The third-order valence-electron chi connectivity index (χ3n) is 0. The Morgan fingerprint density at radius 1 is 1.17 bits per heavy atom. The van der Waals surface area contributed by atoms with Crippen molar-refractivity contribution >= 4 is 145 Å². The van der Waals surface area contributed by atoms with Gasteiger partial charge in [-0.25, -0.2) is 0 Å². The van der Waals surface area contributed by atoms with Gasteiger partial charge in [-0.2, -0.15) is 0 Å². The molecule has 0 aliphatic rings. The molecule has 2 radical (unpaired) electrons. The molecule has 0 aromatic rings. The van der Waals surface area contributed by atoms with Crippen LogP contribution in [0.3, 0.4) is 0 Å². The molecule has 0 amide bonds. The van der Waals surface area contributed by atoms with Gasteiger partial charge in [0.1, 0.15) is 0 Å². The first-order valence-corrected chi connectivity index (χ1v) is 1.95. The van der Waals surface area contributed by atoms with E-state index >= 15 is 0 Å². The van der Waals surface area contributed by atoms with E-state index < -0.39 is 9.17 Å². The van der Waals surface area contributed by atoms with Crippen molar-refractivity contribution in [1.82, 2.24) is 0 Å². The average Bonchev–Trinajstić information content (AvgIpc) is 0.811. The zero-order chi connectivity index (χ0) is 3.58. The van der Waals surface area contributed by atoms with Crippen LogP contribution in [0.15, 0.2) is 0 Å². The minimum atomic E-state index is -3.13. The van der Waals surface area contributed by atoms with Crippen molar-refractivity contribution in [2.75, 3.05) is 0 Å². The van der Waals surface area contributed by atoms with Crippen LogP contribution in [-0.4, -0.2) is 155 Å². The molecule has 54 valence electrons. The van der Waals surface area contributed by atoms with Gasteiger partial charge in [-0.1, -0.05) is 0 Å². The Balaban J connectivity index is -0.00000000161. The van der Waals surface area contributed by atoms with E-state index in [-0.39, 0.29) is 250 Å². The predicted octanol–water partition coefficient (Wildman–Crippen LogP) is -5.02. The van der Waals surface area contributed by atoms with Crippen LogP contribution in [0, 0.1) is 77.3 Å². The second kappa shape index (κ2) is 51.0. The zero-order valence-corrected chi connectivity index (χ0v) is 15.9. The Morgan fingerprint density at radius 2 is 1.17 bits per heavy atom. The van der Waals surface area contributed by atoms with E-state index in [1.165, 1.54) is 0 Å². The molecule has 0 aliphatic heterocycles. The fourth-order valence-electron chi connectivity index (χ4n) is 0. The van der Waals surface area contributed by atoms with Gasteiger partial charge in [0.25, 0.3) is 0 Å². The van der Waals surface area contributed by atoms with Gasteiger partial charge in [-0.3, -0.25) is 4.46 Å². The third kappa shape index (κ3) is 82.3. The molecule has 0 aromatic carbocycles. The van der Waals surface area contributed by atoms with Gasteiger partial charge in [0.15, 0.2) is 0 Å². The van der Waals surface area contributed by atoms with Crippen LogP contribution in [0.25, 0.3) is 0 Å². The largest absolute Gasteiger partial charge is 0 e. The van der Waals surface area contributed by atoms with Gasteiger partial charge < -0.3 is 9.59 Å². The summed E-state index contributed by atoms with van der Waals surface area (Å²) in [4.78, 5) is 14.3. The van der Waals surface area contributed by atoms with Crippen molar-refractivity contribution in [2.45, 2.75) is 0 Å². The minimum Gasteiger partial charge on any atom is 0 e. The molecule has 2 N–H and O–H groups in total. The molecule has 0 heterocycles. The monoisotopic (exact) mass is 658 g/mol. The van der Waals surface area contributed by atoms with E-state index in [1.807, 2.05) is 0 Å². The number of rotatable bonds is 0. The fraction of sp³-hybridized carbons (Fsp3) is 0. The summed E-state index contributed by atoms with van der Waals surface area (Å²) in [5.74, 6) is 0. The quantitative estimate of drug-likeness (QED) is 0.257. The zero-order valence-electron chi connectivity index (χ0n) is 3.97. The van der Waals surface area contributed by atoms with E-state index in [1.54, 1.807) is 0 Å². The van der Waals surface area contributed by atoms with Crippen molar-refractivity contribution in [2.24, 2.45) is 0 Å². The SMILES string of the molecule is O=[Si](O)O.[CaH2].[Ce].[La].[MgH2].[Mn].[NaH].[SrH2].[Zn]. The first kappa shape index (κ1) is 59.9. The fourth-order valence-corrected chi connectivity index (χ4v) is 0. The summed E-state index contributed by atoms with van der Waals surface area (Å²) in [6.07, 6.45) is 0. The van der Waals surface area contributed by atoms with Crippen LogP contribution < -0.4 is 0 Å². The van der Waals surface area contributed by atoms with E-state index in [0.29, 0.717) is 0 Å². The molecular formula is H9CaCeLaMgMnNaO3SiSrZn. The summed E-state index contributed by atoms with van der Waals surface area (Å²) >= 11 is 0. The van der Waals surface area contributed by atoms with Crippen LogP contribution in [0.4, 0.5) is 0 Å². The molecule has 0 spiro atoms. The molecule has 3 nitrogen and oxygen atoms in total. The maximum absolute atomic E-state index is 8.74. The Hall–Kier alpha value is 7.84. The van der Waals surface area contributed by atoms with E-state index in [2.05, 4.69) is 0 Å².